The summed E-state index contributed by atoms with van der Waals surface area (Å²) in [6, 6.07) is 27.0. The fourth-order valence-corrected chi connectivity index (χ4v) is 7.22. The van der Waals surface area contributed by atoms with E-state index >= 15 is 0 Å². The normalized spacial score (nSPS) is 23.9. The molecule has 0 bridgehead atoms. The van der Waals surface area contributed by atoms with Crippen molar-refractivity contribution in [1.82, 2.24) is 0 Å². The number of carbonyl (C=O) groups excluding carboxylic acids is 3. The number of fused-ring (bicyclic) bond motifs is 6. The number of hydrogen-bond acceptors (Lipinski definition) is 4. The van der Waals surface area contributed by atoms with E-state index in [1.165, 1.54) is 0 Å². The fraction of sp³-hybridized carbons (Fsp3) is 0.147. The Morgan fingerprint density at radius 3 is 2.05 bits per heavy atom. The van der Waals surface area contributed by atoms with Gasteiger partial charge >= 0.3 is 0 Å². The van der Waals surface area contributed by atoms with Crippen molar-refractivity contribution in [3.63, 3.8) is 0 Å². The monoisotopic (exact) mass is 578 g/mol. The number of halogens is 2. The van der Waals surface area contributed by atoms with E-state index in [1.54, 1.807) is 48.5 Å². The summed E-state index contributed by atoms with van der Waals surface area (Å²) in [7, 11) is 0. The SMILES string of the molecule is CC1=C[C@@H]2N(c3ccccc31)[C@H](C(=O)c1ccc(Cl)cc1)[C@@H](C(=O)c1ccc(Cl)cc1)[C@@]21C(=O)Nc2ccccc21. The molecule has 1 N–H and O–H groups in total. The quantitative estimate of drug-likeness (QED) is 0.259. The number of hydrogen-bond donors (Lipinski definition) is 1. The molecule has 4 aromatic carbocycles. The van der Waals surface area contributed by atoms with E-state index in [1.807, 2.05) is 66.4 Å². The second-order valence-corrected chi connectivity index (χ2v) is 11.6. The molecule has 0 unspecified atom stereocenters. The van der Waals surface area contributed by atoms with Crippen LogP contribution in [-0.2, 0) is 10.2 Å². The lowest BCUT2D eigenvalue weighted by Gasteiger charge is -2.39. The van der Waals surface area contributed by atoms with E-state index < -0.39 is 23.4 Å². The molecule has 1 fully saturated rings. The topological polar surface area (TPSA) is 66.5 Å². The Morgan fingerprint density at radius 1 is 0.780 bits per heavy atom. The van der Waals surface area contributed by atoms with Crippen molar-refractivity contribution < 1.29 is 14.4 Å². The molecule has 0 radical (unpaired) electrons. The van der Waals surface area contributed by atoms with Gasteiger partial charge in [0.05, 0.1) is 12.0 Å². The summed E-state index contributed by atoms with van der Waals surface area (Å²) in [6.07, 6.45) is 2.04. The van der Waals surface area contributed by atoms with Crippen LogP contribution in [0.25, 0.3) is 5.57 Å². The number of Topliss-reactive ketones (excluding diaryl/α,β-unsaturated/α-hetero) is 2. The summed E-state index contributed by atoms with van der Waals surface area (Å²) in [5, 5.41) is 4.05. The van der Waals surface area contributed by atoms with Gasteiger partial charge in [0.25, 0.3) is 0 Å². The molecule has 3 heterocycles. The lowest BCUT2D eigenvalue weighted by Crippen LogP contribution is -2.51. The molecule has 5 nitrogen and oxygen atoms in total. The van der Waals surface area contributed by atoms with Crippen molar-refractivity contribution in [3.05, 3.63) is 135 Å². The van der Waals surface area contributed by atoms with Gasteiger partial charge in [0, 0.05) is 38.1 Å². The van der Waals surface area contributed by atoms with Gasteiger partial charge in [-0.2, -0.15) is 0 Å². The second kappa shape index (κ2) is 9.44. The highest BCUT2D eigenvalue weighted by molar-refractivity contribution is 6.31. The Hall–Kier alpha value is -4.19. The first-order valence-corrected chi connectivity index (χ1v) is 14.1. The number of amides is 1. The first kappa shape index (κ1) is 25.8. The maximum Gasteiger partial charge on any atom is 0.238 e. The third-order valence-electron chi connectivity index (χ3n) is 8.69. The highest BCUT2D eigenvalue weighted by atomic mass is 35.5. The third-order valence-corrected chi connectivity index (χ3v) is 9.20. The van der Waals surface area contributed by atoms with Gasteiger partial charge in [-0.1, -0.05) is 65.7 Å². The highest BCUT2D eigenvalue weighted by Gasteiger charge is 2.70. The van der Waals surface area contributed by atoms with E-state index in [0.717, 1.165) is 16.8 Å². The summed E-state index contributed by atoms with van der Waals surface area (Å²) in [5.41, 5.74) is 3.55. The van der Waals surface area contributed by atoms with Gasteiger partial charge < -0.3 is 10.2 Å². The van der Waals surface area contributed by atoms with Gasteiger partial charge in [-0.25, -0.2) is 0 Å². The van der Waals surface area contributed by atoms with Crippen LogP contribution in [0, 0.1) is 5.92 Å². The van der Waals surface area contributed by atoms with E-state index in [9.17, 15) is 14.4 Å². The number of benzene rings is 4. The molecule has 202 valence electrons. The summed E-state index contributed by atoms with van der Waals surface area (Å²) in [6.45, 7) is 2.01. The minimum Gasteiger partial charge on any atom is -0.352 e. The van der Waals surface area contributed by atoms with Gasteiger partial charge in [0.2, 0.25) is 5.91 Å². The van der Waals surface area contributed by atoms with Crippen LogP contribution in [0.15, 0.2) is 103 Å². The number of nitrogens with zero attached hydrogens (tertiary/aromatic N) is 1. The van der Waals surface area contributed by atoms with Crippen molar-refractivity contribution in [2.24, 2.45) is 5.92 Å². The second-order valence-electron chi connectivity index (χ2n) is 10.8. The molecule has 3 aliphatic heterocycles. The molecule has 0 saturated carbocycles. The molecule has 0 aromatic heterocycles. The van der Waals surface area contributed by atoms with Gasteiger partial charge in [0.15, 0.2) is 11.6 Å². The Morgan fingerprint density at radius 2 is 1.37 bits per heavy atom. The number of ketones is 2. The van der Waals surface area contributed by atoms with Gasteiger partial charge in [-0.3, -0.25) is 14.4 Å². The van der Waals surface area contributed by atoms with E-state index in [0.29, 0.717) is 32.4 Å². The Kier molecular flexibility index (Phi) is 5.93. The Labute approximate surface area is 247 Å². The first-order chi connectivity index (χ1) is 19.8. The zero-order valence-electron chi connectivity index (χ0n) is 22.0. The van der Waals surface area contributed by atoms with Crippen LogP contribution in [0.5, 0.6) is 0 Å². The van der Waals surface area contributed by atoms with Crippen LogP contribution < -0.4 is 10.2 Å². The van der Waals surface area contributed by atoms with E-state index in [-0.39, 0.29) is 17.5 Å². The molecule has 0 aliphatic carbocycles. The summed E-state index contributed by atoms with van der Waals surface area (Å²) >= 11 is 12.3. The largest absolute Gasteiger partial charge is 0.352 e. The van der Waals surface area contributed by atoms with Gasteiger partial charge in [-0.05, 0) is 78.7 Å². The molecule has 1 spiro atoms. The van der Waals surface area contributed by atoms with Gasteiger partial charge in [-0.15, -0.1) is 0 Å². The minimum absolute atomic E-state index is 0.254. The van der Waals surface area contributed by atoms with E-state index in [2.05, 4.69) is 5.32 Å². The summed E-state index contributed by atoms with van der Waals surface area (Å²) < 4.78 is 0. The number of carbonyl (C=O) groups is 3. The van der Waals surface area contributed by atoms with Crippen molar-refractivity contribution in [2.75, 3.05) is 10.2 Å². The Bertz CT molecular complexity index is 1780. The van der Waals surface area contributed by atoms with Crippen molar-refractivity contribution in [1.29, 1.82) is 0 Å². The smallest absolute Gasteiger partial charge is 0.238 e. The van der Waals surface area contributed by atoms with Crippen molar-refractivity contribution in [2.45, 2.75) is 24.4 Å². The molecule has 7 rings (SSSR count). The van der Waals surface area contributed by atoms with Crippen LogP contribution >= 0.6 is 23.2 Å². The van der Waals surface area contributed by atoms with Crippen molar-refractivity contribution in [3.8, 4) is 0 Å². The predicted octanol–water partition coefficient (Wildman–Crippen LogP) is 7.24. The number of rotatable bonds is 4. The average molecular weight is 579 g/mol. The van der Waals surface area contributed by atoms with E-state index in [4.69, 9.17) is 23.2 Å². The number of para-hydroxylation sites is 2. The van der Waals surface area contributed by atoms with Crippen LogP contribution in [0.1, 0.15) is 38.8 Å². The van der Waals surface area contributed by atoms with Gasteiger partial charge in [0.1, 0.15) is 11.5 Å². The molecule has 41 heavy (non-hydrogen) atoms. The number of allylic oxidation sites excluding steroid dienone is 1. The molecule has 1 amide bonds. The number of anilines is 2. The molecule has 4 aromatic rings. The van der Waals surface area contributed by atoms with Crippen LogP contribution in [-0.4, -0.2) is 29.6 Å². The number of nitrogens with one attached hydrogen (secondary N) is 1. The van der Waals surface area contributed by atoms with Crippen molar-refractivity contribution >= 4 is 57.6 Å². The van der Waals surface area contributed by atoms with Crippen LogP contribution in [0.4, 0.5) is 11.4 Å². The molecule has 7 heteroatoms. The molecular weight excluding hydrogens is 555 g/mol. The molecule has 1 saturated heterocycles. The maximum atomic E-state index is 14.8. The average Bonchev–Trinajstić information content (AvgIpc) is 3.45. The molecule has 4 atom stereocenters. The Balaban J connectivity index is 1.55. The fourth-order valence-electron chi connectivity index (χ4n) is 6.97. The van der Waals surface area contributed by atoms with Crippen LogP contribution in [0.3, 0.4) is 0 Å². The highest BCUT2D eigenvalue weighted by Crippen LogP contribution is 2.58. The predicted molar refractivity (Wildman–Crippen MR) is 162 cm³/mol. The lowest BCUT2D eigenvalue weighted by atomic mass is 9.64. The molecular formula is C34H24Cl2N2O3. The van der Waals surface area contributed by atoms with Crippen LogP contribution in [0.2, 0.25) is 10.0 Å². The minimum atomic E-state index is -1.37. The zero-order valence-corrected chi connectivity index (χ0v) is 23.5. The maximum absolute atomic E-state index is 14.8. The zero-order chi connectivity index (χ0) is 28.5. The standard InChI is InChI=1S/C34H24Cl2N2O3/c1-19-18-28-34(25-7-3-4-8-26(25)37-33(34)41)29(31(39)20-10-14-22(35)15-11-20)30(32(40)21-12-16-23(36)17-13-21)38(28)27-9-5-2-6-24(19)27/h2-18,28-30H,1H3,(H,37,41)/t28-,29-,30-,34-/m0/s1. The third kappa shape index (κ3) is 3.66. The summed E-state index contributed by atoms with van der Waals surface area (Å²) in [4.78, 5) is 45.8. The summed E-state index contributed by atoms with van der Waals surface area (Å²) in [5.74, 6) is -1.89. The first-order valence-electron chi connectivity index (χ1n) is 13.4. The lowest BCUT2D eigenvalue weighted by molar-refractivity contribution is -0.121. The molecule has 3 aliphatic rings.